The summed E-state index contributed by atoms with van der Waals surface area (Å²) in [6, 6.07) is 7.70. The number of halogens is 2. The average Bonchev–Trinajstić information content (AvgIpc) is 3.07. The molecule has 0 aliphatic rings. The average molecular weight is 482 g/mol. The van der Waals surface area contributed by atoms with E-state index in [9.17, 15) is 22.0 Å². The Morgan fingerprint density at radius 3 is 2.22 bits per heavy atom. The quantitative estimate of drug-likeness (QED) is 0.484. The third-order valence-electron chi connectivity index (χ3n) is 4.55. The summed E-state index contributed by atoms with van der Waals surface area (Å²) < 4.78 is 56.2. The third kappa shape index (κ3) is 5.31. The Labute approximate surface area is 190 Å². The fourth-order valence-electron chi connectivity index (χ4n) is 3.23. The predicted molar refractivity (Wildman–Crippen MR) is 122 cm³/mol. The highest BCUT2D eigenvalue weighted by atomic mass is 32.2. The van der Waals surface area contributed by atoms with Crippen molar-refractivity contribution >= 4 is 42.6 Å². The van der Waals surface area contributed by atoms with Crippen molar-refractivity contribution in [2.75, 3.05) is 18.4 Å². The smallest absolute Gasteiger partial charge is 0.263 e. The number of sulfonamides is 1. The van der Waals surface area contributed by atoms with Gasteiger partial charge in [0.2, 0.25) is 10.0 Å². The summed E-state index contributed by atoms with van der Waals surface area (Å²) in [5.41, 5.74) is -0.231. The Morgan fingerprint density at radius 1 is 1.06 bits per heavy atom. The van der Waals surface area contributed by atoms with Gasteiger partial charge in [-0.25, -0.2) is 22.2 Å². The van der Waals surface area contributed by atoms with Crippen molar-refractivity contribution in [3.8, 4) is 0 Å². The van der Waals surface area contributed by atoms with Crippen molar-refractivity contribution in [1.29, 1.82) is 0 Å². The lowest BCUT2D eigenvalue weighted by molar-refractivity contribution is 0.101. The molecule has 32 heavy (non-hydrogen) atoms. The number of rotatable bonds is 8. The van der Waals surface area contributed by atoms with E-state index < -0.39 is 33.1 Å². The molecule has 0 saturated heterocycles. The zero-order valence-corrected chi connectivity index (χ0v) is 19.9. The van der Waals surface area contributed by atoms with E-state index in [1.165, 1.54) is 22.5 Å². The van der Waals surface area contributed by atoms with Crippen molar-refractivity contribution in [2.24, 2.45) is 11.8 Å². The number of fused-ring (bicyclic) bond motifs is 1. The van der Waals surface area contributed by atoms with Crippen LogP contribution in [0.5, 0.6) is 0 Å². The maximum Gasteiger partial charge on any atom is 0.263 e. The number of hydrogen-bond acceptors (Lipinski definition) is 5. The zero-order valence-electron chi connectivity index (χ0n) is 18.2. The van der Waals surface area contributed by atoms with Gasteiger partial charge in [-0.05, 0) is 42.2 Å². The van der Waals surface area contributed by atoms with Gasteiger partial charge in [0.15, 0.2) is 5.13 Å². The molecule has 3 rings (SSSR count). The second kappa shape index (κ2) is 9.60. The molecule has 2 aromatic carbocycles. The molecule has 3 aromatic rings. The van der Waals surface area contributed by atoms with E-state index in [0.717, 1.165) is 23.5 Å². The number of hydrogen-bond donors (Lipinski definition) is 1. The topological polar surface area (TPSA) is 79.4 Å². The first kappa shape index (κ1) is 24.2. The molecule has 6 nitrogen and oxygen atoms in total. The summed E-state index contributed by atoms with van der Waals surface area (Å²) in [4.78, 5) is 16.7. The van der Waals surface area contributed by atoms with E-state index in [2.05, 4.69) is 10.3 Å². The van der Waals surface area contributed by atoms with Gasteiger partial charge in [0, 0.05) is 13.1 Å². The molecule has 0 radical (unpaired) electrons. The molecule has 1 N–H and O–H groups in total. The van der Waals surface area contributed by atoms with Crippen molar-refractivity contribution in [3.63, 3.8) is 0 Å². The second-order valence-electron chi connectivity index (χ2n) is 8.31. The van der Waals surface area contributed by atoms with Gasteiger partial charge < -0.3 is 0 Å². The van der Waals surface area contributed by atoms with Crippen molar-refractivity contribution in [3.05, 3.63) is 53.6 Å². The maximum absolute atomic E-state index is 13.9. The Kier molecular flexibility index (Phi) is 7.26. The summed E-state index contributed by atoms with van der Waals surface area (Å²) in [5, 5.41) is 2.51. The minimum absolute atomic E-state index is 0.114. The first-order valence-electron chi connectivity index (χ1n) is 10.1. The van der Waals surface area contributed by atoms with Crippen LogP contribution in [0.25, 0.3) is 10.2 Å². The molecule has 0 spiro atoms. The van der Waals surface area contributed by atoms with Crippen LogP contribution in [0.1, 0.15) is 38.1 Å². The van der Waals surface area contributed by atoms with Gasteiger partial charge >= 0.3 is 0 Å². The molecule has 1 heterocycles. The Bertz CT molecular complexity index is 1210. The van der Waals surface area contributed by atoms with Gasteiger partial charge in [-0.2, -0.15) is 4.31 Å². The summed E-state index contributed by atoms with van der Waals surface area (Å²) in [6.07, 6.45) is 0. The molecule has 172 valence electrons. The number of amides is 1. The number of nitrogens with zero attached hydrogens (tertiary/aromatic N) is 2. The predicted octanol–water partition coefficient (Wildman–Crippen LogP) is 5.13. The maximum atomic E-state index is 13.9. The fourth-order valence-corrected chi connectivity index (χ4v) is 6.00. The van der Waals surface area contributed by atoms with E-state index in [0.29, 0.717) is 23.3 Å². The molecule has 0 fully saturated rings. The zero-order chi connectivity index (χ0) is 23.6. The largest absolute Gasteiger partial charge is 0.298 e. The van der Waals surface area contributed by atoms with Crippen LogP contribution in [0, 0.1) is 23.5 Å². The minimum atomic E-state index is -3.72. The summed E-state index contributed by atoms with van der Waals surface area (Å²) in [5.74, 6) is -2.60. The summed E-state index contributed by atoms with van der Waals surface area (Å²) in [6.45, 7) is 8.64. The number of anilines is 1. The van der Waals surface area contributed by atoms with Gasteiger partial charge in [0.25, 0.3) is 5.91 Å². The van der Waals surface area contributed by atoms with Gasteiger partial charge in [0.1, 0.15) is 17.2 Å². The molecule has 10 heteroatoms. The highest BCUT2D eigenvalue weighted by molar-refractivity contribution is 7.89. The van der Waals surface area contributed by atoms with Crippen molar-refractivity contribution < 1.29 is 22.0 Å². The van der Waals surface area contributed by atoms with E-state index in [4.69, 9.17) is 0 Å². The lowest BCUT2D eigenvalue weighted by Crippen LogP contribution is -2.37. The number of nitrogens with one attached hydrogen (secondary N) is 1. The lowest BCUT2D eigenvalue weighted by atomic mass is 10.2. The molecular weight excluding hydrogens is 456 g/mol. The monoisotopic (exact) mass is 481 g/mol. The van der Waals surface area contributed by atoms with Gasteiger partial charge in [-0.15, -0.1) is 0 Å². The van der Waals surface area contributed by atoms with Crippen molar-refractivity contribution in [2.45, 2.75) is 32.6 Å². The van der Waals surface area contributed by atoms with Crippen LogP contribution >= 0.6 is 11.3 Å². The first-order valence-corrected chi connectivity index (χ1v) is 12.4. The van der Waals surface area contributed by atoms with E-state index >= 15 is 0 Å². The van der Waals surface area contributed by atoms with Crippen LogP contribution in [-0.2, 0) is 10.0 Å². The number of aromatic nitrogens is 1. The lowest BCUT2D eigenvalue weighted by Gasteiger charge is -2.25. The first-order chi connectivity index (χ1) is 15.0. The molecule has 0 aliphatic carbocycles. The van der Waals surface area contributed by atoms with E-state index in [-0.39, 0.29) is 21.9 Å². The highest BCUT2D eigenvalue weighted by Crippen LogP contribution is 2.30. The normalized spacial score (nSPS) is 12.3. The molecule has 1 amide bonds. The van der Waals surface area contributed by atoms with Crippen molar-refractivity contribution in [1.82, 2.24) is 9.29 Å². The number of thiazole rings is 1. The molecule has 0 unspecified atom stereocenters. The Morgan fingerprint density at radius 2 is 1.66 bits per heavy atom. The minimum Gasteiger partial charge on any atom is -0.298 e. The summed E-state index contributed by atoms with van der Waals surface area (Å²) in [7, 11) is -3.72. The SMILES string of the molecule is CC(C)CN(CC(C)C)S(=O)(=O)c1ccc2nc(NC(=O)c3c(F)cccc3F)sc2c1. The molecule has 0 bridgehead atoms. The second-order valence-corrected chi connectivity index (χ2v) is 11.3. The standard InChI is InChI=1S/C22H25F2N3O3S2/c1-13(2)11-27(12-14(3)4)32(29,30)15-8-9-18-19(10-15)31-22(25-18)26-21(28)20-16(23)6-5-7-17(20)24/h5-10,13-14H,11-12H2,1-4H3,(H,25,26,28). The third-order valence-corrected chi connectivity index (χ3v) is 7.31. The van der Waals surface area contributed by atoms with Gasteiger partial charge in [0.05, 0.1) is 15.1 Å². The Hall–Kier alpha value is -2.43. The molecule has 0 aliphatic heterocycles. The van der Waals surface area contributed by atoms with Crippen LogP contribution in [-0.4, -0.2) is 36.7 Å². The Balaban J connectivity index is 1.91. The number of carbonyl (C=O) groups is 1. The van der Waals surface area contributed by atoms with Crippen LogP contribution < -0.4 is 5.32 Å². The van der Waals surface area contributed by atoms with Crippen LogP contribution in [0.3, 0.4) is 0 Å². The van der Waals surface area contributed by atoms with E-state index in [1.807, 2.05) is 27.7 Å². The van der Waals surface area contributed by atoms with Gasteiger partial charge in [-0.3, -0.25) is 10.1 Å². The van der Waals surface area contributed by atoms with E-state index in [1.54, 1.807) is 6.07 Å². The van der Waals surface area contributed by atoms with Gasteiger partial charge in [-0.1, -0.05) is 45.1 Å². The van der Waals surface area contributed by atoms with Crippen LogP contribution in [0.15, 0.2) is 41.3 Å². The number of benzene rings is 2. The van der Waals surface area contributed by atoms with Crippen LogP contribution in [0.2, 0.25) is 0 Å². The molecule has 0 atom stereocenters. The van der Waals surface area contributed by atoms with Crippen LogP contribution in [0.4, 0.5) is 13.9 Å². The number of carbonyl (C=O) groups excluding carboxylic acids is 1. The molecule has 1 aromatic heterocycles. The summed E-state index contributed by atoms with van der Waals surface area (Å²) >= 11 is 1.03. The molecular formula is C22H25F2N3O3S2. The fraction of sp³-hybridized carbons (Fsp3) is 0.364. The molecule has 0 saturated carbocycles. The highest BCUT2D eigenvalue weighted by Gasteiger charge is 2.27.